The summed E-state index contributed by atoms with van der Waals surface area (Å²) in [6.45, 7) is 2.12. The predicted octanol–water partition coefficient (Wildman–Crippen LogP) is 0.337. The smallest absolute Gasteiger partial charge is 0.305 e. The fourth-order valence-electron chi connectivity index (χ4n) is 1.54. The molecule has 0 aliphatic carbocycles. The molecule has 0 radical (unpaired) electrons. The maximum atomic E-state index is 12.1. The van der Waals surface area contributed by atoms with E-state index < -0.39 is 10.0 Å². The number of carbonyl (C=O) groups is 1. The lowest BCUT2D eigenvalue weighted by atomic mass is 10.3. The zero-order valence-corrected chi connectivity index (χ0v) is 13.2. The van der Waals surface area contributed by atoms with Gasteiger partial charge in [0.05, 0.1) is 6.61 Å². The van der Waals surface area contributed by atoms with Crippen LogP contribution in [0.5, 0.6) is 0 Å². The first-order chi connectivity index (χ1) is 9.88. The van der Waals surface area contributed by atoms with Crippen molar-refractivity contribution < 1.29 is 17.9 Å². The predicted molar refractivity (Wildman–Crippen MR) is 81.2 cm³/mol. The molecule has 0 saturated heterocycles. The van der Waals surface area contributed by atoms with E-state index >= 15 is 0 Å². The van der Waals surface area contributed by atoms with E-state index in [0.717, 1.165) is 0 Å². The van der Waals surface area contributed by atoms with Crippen molar-refractivity contribution in [3.05, 3.63) is 24.0 Å². The maximum Gasteiger partial charge on any atom is 0.305 e. The molecular formula is C12H17N3O4S2. The zero-order valence-electron chi connectivity index (χ0n) is 11.5. The van der Waals surface area contributed by atoms with Gasteiger partial charge in [-0.1, -0.05) is 12.2 Å². The third-order valence-corrected chi connectivity index (χ3v) is 4.13. The Bertz CT molecular complexity index is 617. The number of rotatable bonds is 8. The molecule has 0 saturated carbocycles. The Kier molecular flexibility index (Phi) is 6.66. The second kappa shape index (κ2) is 8.01. The average Bonchev–Trinajstić information content (AvgIpc) is 2.44. The summed E-state index contributed by atoms with van der Waals surface area (Å²) in [5.74, 6) is -0.359. The number of thiocarbonyl (C=S) groups is 1. The van der Waals surface area contributed by atoms with Gasteiger partial charge in [-0.2, -0.15) is 0 Å². The van der Waals surface area contributed by atoms with Crippen LogP contribution in [0, 0.1) is 0 Å². The Balaban J connectivity index is 2.66. The third-order valence-electron chi connectivity index (χ3n) is 2.45. The van der Waals surface area contributed by atoms with Gasteiger partial charge in [0.25, 0.3) is 0 Å². The van der Waals surface area contributed by atoms with Gasteiger partial charge in [-0.3, -0.25) is 9.78 Å². The van der Waals surface area contributed by atoms with Crippen molar-refractivity contribution in [3.8, 4) is 0 Å². The number of sulfonamides is 1. The molecule has 3 N–H and O–H groups in total. The van der Waals surface area contributed by atoms with E-state index in [1.165, 1.54) is 18.3 Å². The van der Waals surface area contributed by atoms with Gasteiger partial charge in [-0.05, 0) is 25.5 Å². The van der Waals surface area contributed by atoms with Gasteiger partial charge in [0, 0.05) is 19.2 Å². The molecule has 0 bridgehead atoms. The molecule has 0 spiro atoms. The van der Waals surface area contributed by atoms with Crippen molar-refractivity contribution in [3.63, 3.8) is 0 Å². The second-order valence-corrected chi connectivity index (χ2v) is 6.20. The summed E-state index contributed by atoms with van der Waals surface area (Å²) in [5.41, 5.74) is 5.50. The number of nitrogens with zero attached hydrogens (tertiary/aromatic N) is 1. The topological polar surface area (TPSA) is 111 Å². The van der Waals surface area contributed by atoms with Crippen molar-refractivity contribution in [1.82, 2.24) is 9.71 Å². The molecule has 7 nitrogen and oxygen atoms in total. The summed E-state index contributed by atoms with van der Waals surface area (Å²) >= 11 is 4.78. The van der Waals surface area contributed by atoms with E-state index in [4.69, 9.17) is 22.7 Å². The molecule has 9 heteroatoms. The lowest BCUT2D eigenvalue weighted by Crippen LogP contribution is -2.28. The van der Waals surface area contributed by atoms with Crippen LogP contribution in [-0.4, -0.2) is 37.5 Å². The molecular weight excluding hydrogens is 314 g/mol. The Hall–Kier alpha value is -1.58. The molecule has 1 aromatic rings. The summed E-state index contributed by atoms with van der Waals surface area (Å²) in [6, 6.07) is 2.85. The zero-order chi connectivity index (χ0) is 15.9. The number of carbonyl (C=O) groups excluding carboxylic acids is 1. The fraction of sp³-hybridized carbons (Fsp3) is 0.417. The van der Waals surface area contributed by atoms with E-state index in [9.17, 15) is 13.2 Å². The molecule has 116 valence electrons. The summed E-state index contributed by atoms with van der Waals surface area (Å²) in [5, 5.41) is 0. The summed E-state index contributed by atoms with van der Waals surface area (Å²) in [7, 11) is -3.78. The average molecular weight is 331 g/mol. The van der Waals surface area contributed by atoms with Crippen LogP contribution < -0.4 is 10.5 Å². The summed E-state index contributed by atoms with van der Waals surface area (Å²) in [6.07, 6.45) is 1.89. The molecule has 1 aromatic heterocycles. The van der Waals surface area contributed by atoms with Gasteiger partial charge < -0.3 is 10.5 Å². The van der Waals surface area contributed by atoms with Crippen LogP contribution in [0.25, 0.3) is 0 Å². The van der Waals surface area contributed by atoms with Crippen LogP contribution in [0.15, 0.2) is 23.2 Å². The van der Waals surface area contributed by atoms with Gasteiger partial charge in [0.2, 0.25) is 10.0 Å². The van der Waals surface area contributed by atoms with E-state index in [-0.39, 0.29) is 34.5 Å². The fourth-order valence-corrected chi connectivity index (χ4v) is 3.01. The monoisotopic (exact) mass is 331 g/mol. The van der Waals surface area contributed by atoms with Crippen molar-refractivity contribution in [2.45, 2.75) is 24.7 Å². The largest absolute Gasteiger partial charge is 0.466 e. The number of nitrogens with one attached hydrogen (secondary N) is 1. The number of ether oxygens (including phenoxy) is 1. The number of hydrogen-bond acceptors (Lipinski definition) is 6. The third kappa shape index (κ3) is 5.37. The van der Waals surface area contributed by atoms with E-state index in [0.29, 0.717) is 13.0 Å². The molecule has 21 heavy (non-hydrogen) atoms. The molecule has 0 amide bonds. The second-order valence-electron chi connectivity index (χ2n) is 4.02. The number of aromatic nitrogens is 1. The normalized spacial score (nSPS) is 11.1. The minimum Gasteiger partial charge on any atom is -0.466 e. The minimum atomic E-state index is -3.78. The van der Waals surface area contributed by atoms with Crippen molar-refractivity contribution >= 4 is 33.2 Å². The number of esters is 1. The van der Waals surface area contributed by atoms with E-state index in [2.05, 4.69) is 9.71 Å². The molecule has 0 unspecified atom stereocenters. The summed E-state index contributed by atoms with van der Waals surface area (Å²) < 4.78 is 31.4. The highest BCUT2D eigenvalue weighted by Gasteiger charge is 2.20. The molecule has 0 fully saturated rings. The lowest BCUT2D eigenvalue weighted by Gasteiger charge is -2.09. The van der Waals surface area contributed by atoms with Crippen LogP contribution in [0.2, 0.25) is 0 Å². The first-order valence-corrected chi connectivity index (χ1v) is 8.17. The lowest BCUT2D eigenvalue weighted by molar-refractivity contribution is -0.143. The molecule has 1 heterocycles. The van der Waals surface area contributed by atoms with Crippen molar-refractivity contribution in [2.75, 3.05) is 13.2 Å². The Morgan fingerprint density at radius 3 is 2.86 bits per heavy atom. The Morgan fingerprint density at radius 1 is 1.52 bits per heavy atom. The highest BCUT2D eigenvalue weighted by Crippen LogP contribution is 2.12. The van der Waals surface area contributed by atoms with Gasteiger partial charge in [0.1, 0.15) is 15.6 Å². The molecule has 0 aliphatic heterocycles. The van der Waals surface area contributed by atoms with Crippen molar-refractivity contribution in [1.29, 1.82) is 0 Å². The van der Waals surface area contributed by atoms with Crippen molar-refractivity contribution in [2.24, 2.45) is 5.73 Å². The van der Waals surface area contributed by atoms with Gasteiger partial charge >= 0.3 is 5.97 Å². The SMILES string of the molecule is CCOC(=O)CCCNS(=O)(=O)c1cccnc1C(N)=S. The highest BCUT2D eigenvalue weighted by atomic mass is 32.2. The van der Waals surface area contributed by atoms with Gasteiger partial charge in [-0.25, -0.2) is 13.1 Å². The van der Waals surface area contributed by atoms with Crippen LogP contribution in [-0.2, 0) is 19.6 Å². The standard InChI is InChI=1S/C12H17N3O4S2/c1-2-19-10(16)6-4-8-15-21(17,18)9-5-3-7-14-11(9)12(13)20/h3,5,7,15H,2,4,6,8H2,1H3,(H2,13,20). The minimum absolute atomic E-state index is 0.0467. The molecule has 0 atom stereocenters. The van der Waals surface area contributed by atoms with E-state index in [1.807, 2.05) is 0 Å². The van der Waals surface area contributed by atoms with Crippen LogP contribution in [0.1, 0.15) is 25.5 Å². The number of nitrogens with two attached hydrogens (primary N) is 1. The Labute approximate surface area is 128 Å². The number of hydrogen-bond donors (Lipinski definition) is 2. The van der Waals surface area contributed by atoms with Gasteiger partial charge in [0.15, 0.2) is 0 Å². The quantitative estimate of drug-likeness (QED) is 0.401. The number of pyridine rings is 1. The van der Waals surface area contributed by atoms with Crippen LogP contribution in [0.4, 0.5) is 0 Å². The summed E-state index contributed by atoms with van der Waals surface area (Å²) in [4.78, 5) is 14.8. The first-order valence-electron chi connectivity index (χ1n) is 6.28. The van der Waals surface area contributed by atoms with Crippen LogP contribution in [0.3, 0.4) is 0 Å². The molecule has 0 aromatic carbocycles. The van der Waals surface area contributed by atoms with E-state index in [1.54, 1.807) is 6.92 Å². The molecule has 1 rings (SSSR count). The highest BCUT2D eigenvalue weighted by molar-refractivity contribution is 7.89. The van der Waals surface area contributed by atoms with Gasteiger partial charge in [-0.15, -0.1) is 0 Å². The molecule has 0 aliphatic rings. The Morgan fingerprint density at radius 2 is 2.24 bits per heavy atom. The maximum absolute atomic E-state index is 12.1. The van der Waals surface area contributed by atoms with Crippen LogP contribution >= 0.6 is 12.2 Å². The first kappa shape index (κ1) is 17.5.